The third-order valence-electron chi connectivity index (χ3n) is 8.55. The van der Waals surface area contributed by atoms with Crippen molar-refractivity contribution in [2.45, 2.75) is 0 Å². The molecule has 0 saturated carbocycles. The molecule has 190 valence electrons. The highest BCUT2D eigenvalue weighted by Crippen LogP contribution is 2.50. The molecule has 0 fully saturated rings. The minimum atomic E-state index is 0.977. The lowest BCUT2D eigenvalue weighted by molar-refractivity contribution is 1.18. The maximum atomic E-state index is 4.76. The number of benzene rings is 6. The predicted octanol–water partition coefficient (Wildman–Crippen LogP) is 10.3. The summed E-state index contributed by atoms with van der Waals surface area (Å²) in [4.78, 5) is 4.76. The highest BCUT2D eigenvalue weighted by Gasteiger charge is 2.25. The normalized spacial score (nSPS) is 11.9. The second kappa shape index (κ2) is 8.51. The average Bonchev–Trinajstić information content (AvgIpc) is 3.33. The van der Waals surface area contributed by atoms with Gasteiger partial charge in [-0.05, 0) is 86.6 Å². The summed E-state index contributed by atoms with van der Waals surface area (Å²) in [6, 6.07) is 50.5. The number of pyridine rings is 1. The van der Waals surface area contributed by atoms with Crippen LogP contribution < -0.4 is 0 Å². The summed E-state index contributed by atoms with van der Waals surface area (Å²) in [6.45, 7) is 0. The zero-order valence-electron chi connectivity index (χ0n) is 22.3. The van der Waals surface area contributed by atoms with Gasteiger partial charge in [0.1, 0.15) is 0 Å². The van der Waals surface area contributed by atoms with E-state index in [1.165, 1.54) is 66.0 Å². The van der Waals surface area contributed by atoms with Crippen LogP contribution in [0.15, 0.2) is 146 Å². The van der Waals surface area contributed by atoms with Gasteiger partial charge < -0.3 is 4.57 Å². The third kappa shape index (κ3) is 3.22. The third-order valence-corrected chi connectivity index (χ3v) is 8.55. The summed E-state index contributed by atoms with van der Waals surface area (Å²) >= 11 is 0. The molecule has 2 aromatic heterocycles. The number of fused-ring (bicyclic) bond motifs is 3. The Morgan fingerprint density at radius 2 is 1.17 bits per heavy atom. The Morgan fingerprint density at radius 1 is 0.415 bits per heavy atom. The molecule has 41 heavy (non-hydrogen) atoms. The van der Waals surface area contributed by atoms with Gasteiger partial charge in [0.25, 0.3) is 0 Å². The summed E-state index contributed by atoms with van der Waals surface area (Å²) < 4.78 is 2.46. The van der Waals surface area contributed by atoms with Crippen molar-refractivity contribution in [2.75, 3.05) is 0 Å². The molecule has 8 aromatic rings. The van der Waals surface area contributed by atoms with E-state index in [1.54, 1.807) is 0 Å². The van der Waals surface area contributed by atoms with E-state index in [0.29, 0.717) is 0 Å². The van der Waals surface area contributed by atoms with Gasteiger partial charge in [-0.1, -0.05) is 97.1 Å². The van der Waals surface area contributed by atoms with E-state index >= 15 is 0 Å². The quantitative estimate of drug-likeness (QED) is 0.227. The van der Waals surface area contributed by atoms with Crippen molar-refractivity contribution in [3.8, 4) is 50.3 Å². The molecule has 6 aromatic carbocycles. The maximum Gasteiger partial charge on any atom is 0.0702 e. The zero-order valence-corrected chi connectivity index (χ0v) is 22.3. The highest BCUT2D eigenvalue weighted by atomic mass is 15.0. The first kappa shape index (κ1) is 22.4. The molecule has 1 aliphatic carbocycles. The van der Waals surface area contributed by atoms with Crippen LogP contribution in [0.2, 0.25) is 0 Å². The monoisotopic (exact) mass is 520 g/mol. The lowest BCUT2D eigenvalue weighted by atomic mass is 9.92. The molecule has 2 heteroatoms. The minimum Gasteiger partial charge on any atom is -0.309 e. The maximum absolute atomic E-state index is 4.76. The zero-order chi connectivity index (χ0) is 26.9. The van der Waals surface area contributed by atoms with E-state index in [0.717, 1.165) is 16.9 Å². The first-order chi connectivity index (χ1) is 20.3. The van der Waals surface area contributed by atoms with Crippen molar-refractivity contribution in [1.29, 1.82) is 0 Å². The molecule has 2 nitrogen and oxygen atoms in total. The van der Waals surface area contributed by atoms with Crippen LogP contribution in [0.3, 0.4) is 0 Å². The largest absolute Gasteiger partial charge is 0.309 e. The van der Waals surface area contributed by atoms with Crippen molar-refractivity contribution in [3.05, 3.63) is 146 Å². The Labute approximate surface area is 237 Å². The van der Waals surface area contributed by atoms with E-state index < -0.39 is 0 Å². The van der Waals surface area contributed by atoms with Crippen LogP contribution in [0.4, 0.5) is 0 Å². The summed E-state index contributed by atoms with van der Waals surface area (Å²) in [6.07, 6.45) is 1.88. The van der Waals surface area contributed by atoms with Crippen molar-refractivity contribution >= 4 is 32.6 Å². The fraction of sp³-hybridized carbons (Fsp3) is 0. The SMILES string of the molecule is c1ccc(-c2cccc(-n3c4cc(-c5ccccn5)cc5c4c4c6c(cccc6ccc43)-c3ccccc3-5)c2)cc1. The van der Waals surface area contributed by atoms with Crippen LogP contribution in [0.5, 0.6) is 0 Å². The Kier molecular flexibility index (Phi) is 4.64. The molecule has 2 heterocycles. The standard InChI is InChI=1S/C39H24N2/c1-2-10-25(11-3-1)27-13-8-14-29(22-27)41-35-20-19-26-12-9-17-32-30-15-4-5-16-31(30)33-23-28(34-18-6-7-21-40-34)24-36(41)38(33)39(35)37(26)32/h1-24H. The molecule has 0 N–H and O–H groups in total. The summed E-state index contributed by atoms with van der Waals surface area (Å²) in [5, 5.41) is 5.21. The van der Waals surface area contributed by atoms with E-state index in [2.05, 4.69) is 138 Å². The molecule has 0 aliphatic heterocycles. The van der Waals surface area contributed by atoms with Gasteiger partial charge in [0.2, 0.25) is 0 Å². The number of nitrogens with zero attached hydrogens (tertiary/aromatic N) is 2. The van der Waals surface area contributed by atoms with Crippen LogP contribution in [0.25, 0.3) is 82.9 Å². The predicted molar refractivity (Wildman–Crippen MR) is 171 cm³/mol. The molecule has 0 unspecified atom stereocenters. The Morgan fingerprint density at radius 3 is 2.02 bits per heavy atom. The number of hydrogen-bond donors (Lipinski definition) is 0. The first-order valence-corrected chi connectivity index (χ1v) is 14.1. The number of rotatable bonds is 3. The molecule has 0 spiro atoms. The molecule has 0 bridgehead atoms. The van der Waals surface area contributed by atoms with Crippen LogP contribution in [0.1, 0.15) is 0 Å². The second-order valence-corrected chi connectivity index (χ2v) is 10.8. The molecule has 0 radical (unpaired) electrons. The molecule has 0 saturated heterocycles. The Hall–Kier alpha value is -5.47. The van der Waals surface area contributed by atoms with Crippen molar-refractivity contribution in [1.82, 2.24) is 9.55 Å². The molecular weight excluding hydrogens is 496 g/mol. The van der Waals surface area contributed by atoms with Crippen LogP contribution in [-0.4, -0.2) is 9.55 Å². The van der Waals surface area contributed by atoms with Gasteiger partial charge in [0.05, 0.1) is 16.7 Å². The van der Waals surface area contributed by atoms with E-state index in [4.69, 9.17) is 4.98 Å². The first-order valence-electron chi connectivity index (χ1n) is 14.1. The Balaban J connectivity index is 1.48. The minimum absolute atomic E-state index is 0.977. The van der Waals surface area contributed by atoms with E-state index in [-0.39, 0.29) is 0 Å². The summed E-state index contributed by atoms with van der Waals surface area (Å²) in [5.41, 5.74) is 13.2. The number of aromatic nitrogens is 2. The van der Waals surface area contributed by atoms with Gasteiger partial charge in [-0.25, -0.2) is 0 Å². The van der Waals surface area contributed by atoms with E-state index in [9.17, 15) is 0 Å². The smallest absolute Gasteiger partial charge is 0.0702 e. The number of hydrogen-bond acceptors (Lipinski definition) is 1. The van der Waals surface area contributed by atoms with Gasteiger partial charge in [-0.3, -0.25) is 4.98 Å². The molecule has 1 aliphatic rings. The molecular formula is C39H24N2. The van der Waals surface area contributed by atoms with Crippen LogP contribution in [-0.2, 0) is 0 Å². The summed E-state index contributed by atoms with van der Waals surface area (Å²) in [5.74, 6) is 0. The van der Waals surface area contributed by atoms with Crippen molar-refractivity contribution < 1.29 is 0 Å². The Bertz CT molecular complexity index is 2290. The van der Waals surface area contributed by atoms with Crippen LogP contribution in [0, 0.1) is 0 Å². The second-order valence-electron chi connectivity index (χ2n) is 10.8. The summed E-state index contributed by atoms with van der Waals surface area (Å²) in [7, 11) is 0. The fourth-order valence-corrected chi connectivity index (χ4v) is 6.81. The van der Waals surface area contributed by atoms with Gasteiger partial charge in [-0.15, -0.1) is 0 Å². The van der Waals surface area contributed by atoms with E-state index in [1.807, 2.05) is 12.3 Å². The molecule has 9 rings (SSSR count). The van der Waals surface area contributed by atoms with Crippen molar-refractivity contribution in [2.24, 2.45) is 0 Å². The van der Waals surface area contributed by atoms with Gasteiger partial charge in [0.15, 0.2) is 0 Å². The van der Waals surface area contributed by atoms with Gasteiger partial charge in [-0.2, -0.15) is 0 Å². The topological polar surface area (TPSA) is 17.8 Å². The van der Waals surface area contributed by atoms with Gasteiger partial charge >= 0.3 is 0 Å². The molecule has 0 atom stereocenters. The van der Waals surface area contributed by atoms with Crippen LogP contribution >= 0.6 is 0 Å². The van der Waals surface area contributed by atoms with Gasteiger partial charge in [0, 0.05) is 28.2 Å². The fourth-order valence-electron chi connectivity index (χ4n) is 6.81. The lowest BCUT2D eigenvalue weighted by Gasteiger charge is -2.15. The highest BCUT2D eigenvalue weighted by molar-refractivity contribution is 6.30. The van der Waals surface area contributed by atoms with Crippen molar-refractivity contribution in [3.63, 3.8) is 0 Å². The lowest BCUT2D eigenvalue weighted by Crippen LogP contribution is -1.96. The average molecular weight is 521 g/mol. The molecule has 0 amide bonds.